The first-order valence-corrected chi connectivity index (χ1v) is 6.46. The second-order valence-corrected chi connectivity index (χ2v) is 4.96. The fraction of sp³-hybridized carbons (Fsp3) is 0.500. The minimum absolute atomic E-state index is 0.0595. The first-order chi connectivity index (χ1) is 9.06. The van der Waals surface area contributed by atoms with Crippen LogP contribution in [0, 0.1) is 17.6 Å². The smallest absolute Gasteiger partial charge is 0.223 e. The first-order valence-electron chi connectivity index (χ1n) is 6.46. The first kappa shape index (κ1) is 13.9. The minimum Gasteiger partial charge on any atom is -0.393 e. The van der Waals surface area contributed by atoms with Gasteiger partial charge in [-0.2, -0.15) is 0 Å². The number of aliphatic hydroxyl groups is 1. The Labute approximate surface area is 110 Å². The van der Waals surface area contributed by atoms with E-state index in [1.807, 2.05) is 0 Å². The van der Waals surface area contributed by atoms with Gasteiger partial charge in [0.05, 0.1) is 6.10 Å². The number of halogens is 2. The van der Waals surface area contributed by atoms with E-state index in [4.69, 9.17) is 0 Å². The molecule has 0 atom stereocenters. The van der Waals surface area contributed by atoms with Crippen molar-refractivity contribution in [2.24, 2.45) is 5.92 Å². The van der Waals surface area contributed by atoms with Gasteiger partial charge in [-0.1, -0.05) is 6.07 Å². The lowest BCUT2D eigenvalue weighted by atomic mass is 9.87. The van der Waals surface area contributed by atoms with Crippen LogP contribution in [0.2, 0.25) is 0 Å². The van der Waals surface area contributed by atoms with Crippen molar-refractivity contribution in [1.29, 1.82) is 0 Å². The lowest BCUT2D eigenvalue weighted by molar-refractivity contribution is -0.126. The van der Waals surface area contributed by atoms with Crippen molar-refractivity contribution < 1.29 is 18.7 Å². The monoisotopic (exact) mass is 269 g/mol. The van der Waals surface area contributed by atoms with Crippen LogP contribution >= 0.6 is 0 Å². The second kappa shape index (κ2) is 6.10. The summed E-state index contributed by atoms with van der Waals surface area (Å²) in [5.74, 6) is -1.53. The summed E-state index contributed by atoms with van der Waals surface area (Å²) in [6, 6.07) is 3.30. The number of benzene rings is 1. The highest BCUT2D eigenvalue weighted by atomic mass is 19.1. The quantitative estimate of drug-likeness (QED) is 0.883. The van der Waals surface area contributed by atoms with Crippen LogP contribution in [-0.2, 0) is 11.3 Å². The molecule has 0 aliphatic heterocycles. The van der Waals surface area contributed by atoms with Crippen molar-refractivity contribution in [3.05, 3.63) is 35.4 Å². The van der Waals surface area contributed by atoms with Crippen LogP contribution < -0.4 is 5.32 Å². The molecule has 104 valence electrons. The Morgan fingerprint density at radius 3 is 2.58 bits per heavy atom. The van der Waals surface area contributed by atoms with Gasteiger partial charge in [-0.05, 0) is 31.7 Å². The molecule has 1 saturated carbocycles. The van der Waals surface area contributed by atoms with E-state index in [-0.39, 0.29) is 30.0 Å². The van der Waals surface area contributed by atoms with Crippen LogP contribution in [0.1, 0.15) is 31.2 Å². The van der Waals surface area contributed by atoms with Crippen LogP contribution in [-0.4, -0.2) is 17.1 Å². The number of carbonyl (C=O) groups is 1. The second-order valence-electron chi connectivity index (χ2n) is 4.96. The van der Waals surface area contributed by atoms with E-state index in [9.17, 15) is 18.7 Å². The molecule has 1 aliphatic carbocycles. The van der Waals surface area contributed by atoms with E-state index < -0.39 is 11.6 Å². The summed E-state index contributed by atoms with van der Waals surface area (Å²) in [6.07, 6.45) is 2.25. The predicted molar refractivity (Wildman–Crippen MR) is 66.2 cm³/mol. The number of hydrogen-bond donors (Lipinski definition) is 2. The number of carbonyl (C=O) groups excluding carboxylic acids is 1. The average Bonchev–Trinajstić information content (AvgIpc) is 2.38. The maximum Gasteiger partial charge on any atom is 0.223 e. The fourth-order valence-electron chi connectivity index (χ4n) is 2.33. The summed E-state index contributed by atoms with van der Waals surface area (Å²) in [5.41, 5.74) is 0.269. The SMILES string of the molecule is O=C(NCc1ccc(F)cc1F)C1CCC(O)CC1. The Bertz CT molecular complexity index is 457. The van der Waals surface area contributed by atoms with Gasteiger partial charge in [-0.3, -0.25) is 4.79 Å². The van der Waals surface area contributed by atoms with Crippen molar-refractivity contribution >= 4 is 5.91 Å². The van der Waals surface area contributed by atoms with Gasteiger partial charge in [0.25, 0.3) is 0 Å². The summed E-state index contributed by atoms with van der Waals surface area (Å²) in [5, 5.41) is 12.0. The molecule has 2 N–H and O–H groups in total. The zero-order valence-corrected chi connectivity index (χ0v) is 10.5. The lowest BCUT2D eigenvalue weighted by Crippen LogP contribution is -2.33. The maximum absolute atomic E-state index is 13.4. The highest BCUT2D eigenvalue weighted by Crippen LogP contribution is 2.24. The van der Waals surface area contributed by atoms with E-state index in [0.29, 0.717) is 25.7 Å². The Hall–Kier alpha value is -1.49. The van der Waals surface area contributed by atoms with E-state index >= 15 is 0 Å². The number of aliphatic hydroxyl groups excluding tert-OH is 1. The Morgan fingerprint density at radius 1 is 1.26 bits per heavy atom. The average molecular weight is 269 g/mol. The molecule has 2 rings (SSSR count). The largest absolute Gasteiger partial charge is 0.393 e. The third kappa shape index (κ3) is 3.73. The molecule has 1 amide bonds. The summed E-state index contributed by atoms with van der Waals surface area (Å²) in [4.78, 5) is 11.9. The van der Waals surface area contributed by atoms with Gasteiger partial charge < -0.3 is 10.4 Å². The molecule has 0 radical (unpaired) electrons. The fourth-order valence-corrected chi connectivity index (χ4v) is 2.33. The molecule has 0 spiro atoms. The lowest BCUT2D eigenvalue weighted by Gasteiger charge is -2.24. The van der Waals surface area contributed by atoms with E-state index in [2.05, 4.69) is 5.32 Å². The summed E-state index contributed by atoms with van der Waals surface area (Å²) < 4.78 is 26.1. The van der Waals surface area contributed by atoms with Crippen molar-refractivity contribution in [2.75, 3.05) is 0 Å². The van der Waals surface area contributed by atoms with Crippen LogP contribution in [0.25, 0.3) is 0 Å². The normalized spacial score (nSPS) is 23.1. The molecule has 3 nitrogen and oxygen atoms in total. The van der Waals surface area contributed by atoms with Crippen molar-refractivity contribution in [3.8, 4) is 0 Å². The maximum atomic E-state index is 13.4. The summed E-state index contributed by atoms with van der Waals surface area (Å²) >= 11 is 0. The Kier molecular flexibility index (Phi) is 4.47. The molecule has 1 aromatic carbocycles. The van der Waals surface area contributed by atoms with Gasteiger partial charge in [0.2, 0.25) is 5.91 Å². The highest BCUT2D eigenvalue weighted by molar-refractivity contribution is 5.78. The van der Waals surface area contributed by atoms with Crippen LogP contribution in [0.4, 0.5) is 8.78 Å². The molecule has 0 heterocycles. The minimum atomic E-state index is -0.653. The number of rotatable bonds is 3. The molecule has 0 unspecified atom stereocenters. The van der Waals surface area contributed by atoms with Gasteiger partial charge in [0.15, 0.2) is 0 Å². The summed E-state index contributed by atoms with van der Waals surface area (Å²) in [6.45, 7) is 0.0595. The van der Waals surface area contributed by atoms with E-state index in [0.717, 1.165) is 6.07 Å². The molecule has 0 bridgehead atoms. The molecular formula is C14H17F2NO2. The summed E-state index contributed by atoms with van der Waals surface area (Å²) in [7, 11) is 0. The third-order valence-corrected chi connectivity index (χ3v) is 3.54. The van der Waals surface area contributed by atoms with Gasteiger partial charge in [0, 0.05) is 24.1 Å². The Morgan fingerprint density at radius 2 is 1.95 bits per heavy atom. The van der Waals surface area contributed by atoms with Crippen LogP contribution in [0.5, 0.6) is 0 Å². The highest BCUT2D eigenvalue weighted by Gasteiger charge is 2.24. The van der Waals surface area contributed by atoms with Gasteiger partial charge in [-0.25, -0.2) is 8.78 Å². The molecular weight excluding hydrogens is 252 g/mol. The molecule has 5 heteroatoms. The molecule has 1 aromatic rings. The number of hydrogen-bond acceptors (Lipinski definition) is 2. The van der Waals surface area contributed by atoms with Gasteiger partial charge in [-0.15, -0.1) is 0 Å². The molecule has 1 fully saturated rings. The number of amides is 1. The standard InChI is InChI=1S/C14H17F2NO2/c15-11-4-1-10(13(16)7-11)8-17-14(19)9-2-5-12(18)6-3-9/h1,4,7,9,12,18H,2-3,5-6,8H2,(H,17,19). The topological polar surface area (TPSA) is 49.3 Å². The van der Waals surface area contributed by atoms with Gasteiger partial charge >= 0.3 is 0 Å². The van der Waals surface area contributed by atoms with Crippen molar-refractivity contribution in [1.82, 2.24) is 5.32 Å². The van der Waals surface area contributed by atoms with Crippen molar-refractivity contribution in [3.63, 3.8) is 0 Å². The molecule has 1 aliphatic rings. The zero-order chi connectivity index (χ0) is 13.8. The molecule has 0 saturated heterocycles. The van der Waals surface area contributed by atoms with Gasteiger partial charge in [0.1, 0.15) is 11.6 Å². The van der Waals surface area contributed by atoms with Crippen LogP contribution in [0.15, 0.2) is 18.2 Å². The zero-order valence-electron chi connectivity index (χ0n) is 10.5. The third-order valence-electron chi connectivity index (χ3n) is 3.54. The van der Waals surface area contributed by atoms with Crippen LogP contribution in [0.3, 0.4) is 0 Å². The molecule has 0 aromatic heterocycles. The number of nitrogens with one attached hydrogen (secondary N) is 1. The van der Waals surface area contributed by atoms with Crippen molar-refractivity contribution in [2.45, 2.75) is 38.3 Å². The predicted octanol–water partition coefficient (Wildman–Crippen LogP) is 2.13. The van der Waals surface area contributed by atoms with E-state index in [1.54, 1.807) is 0 Å². The molecule has 19 heavy (non-hydrogen) atoms. The van der Waals surface area contributed by atoms with E-state index in [1.165, 1.54) is 12.1 Å². The Balaban J connectivity index is 1.86.